The molecule has 2 N–H and O–H groups in total. The van der Waals surface area contributed by atoms with E-state index in [1.165, 1.54) is 35.6 Å². The number of nitrogens with zero attached hydrogens (tertiary/aromatic N) is 2. The van der Waals surface area contributed by atoms with Gasteiger partial charge in [0.2, 0.25) is 0 Å². The van der Waals surface area contributed by atoms with Crippen molar-refractivity contribution >= 4 is 28.8 Å². The molecule has 36 heavy (non-hydrogen) atoms. The number of carbonyl (C=O) groups excluding carboxylic acids is 2. The lowest BCUT2D eigenvalue weighted by Gasteiger charge is -2.32. The molecule has 1 aliphatic carbocycles. The van der Waals surface area contributed by atoms with E-state index in [1.54, 1.807) is 24.6 Å². The predicted molar refractivity (Wildman–Crippen MR) is 134 cm³/mol. The van der Waals surface area contributed by atoms with Crippen LogP contribution in [0.15, 0.2) is 53.9 Å². The van der Waals surface area contributed by atoms with Crippen LogP contribution in [-0.2, 0) is 6.61 Å². The van der Waals surface area contributed by atoms with Crippen LogP contribution in [0.3, 0.4) is 0 Å². The molecule has 4 rings (SSSR count). The van der Waals surface area contributed by atoms with Crippen LogP contribution in [0.1, 0.15) is 51.5 Å². The number of amides is 2. The van der Waals surface area contributed by atoms with Gasteiger partial charge in [-0.25, -0.2) is 4.98 Å². The summed E-state index contributed by atoms with van der Waals surface area (Å²) in [6, 6.07) is 12.3. The highest BCUT2D eigenvalue weighted by Gasteiger charge is 2.29. The molecule has 2 amide bonds. The van der Waals surface area contributed by atoms with Crippen molar-refractivity contribution in [2.45, 2.75) is 44.4 Å². The van der Waals surface area contributed by atoms with Gasteiger partial charge in [0.25, 0.3) is 17.5 Å². The standard InChI is InChI=1S/C25H26N4O6S/c1-34-21-11-4-5-12-22(21)35-14-23-26-20(15-36-23)25(31)28-19-10-3-2-9-18(19)27-24(30)16-7-6-8-17(13-16)29(32)33/h4-8,11-13,15,18-19H,2-3,9-10,14H2,1H3,(H,27,30)(H,28,31)/t18-,19+/m1/s1. The fourth-order valence-corrected chi connectivity index (χ4v) is 4.78. The number of hydrogen-bond donors (Lipinski definition) is 2. The summed E-state index contributed by atoms with van der Waals surface area (Å²) in [4.78, 5) is 40.5. The molecule has 0 aliphatic heterocycles. The van der Waals surface area contributed by atoms with Gasteiger partial charge in [0.05, 0.1) is 12.0 Å². The molecule has 3 aromatic rings. The van der Waals surface area contributed by atoms with Crippen LogP contribution in [-0.4, -0.2) is 40.9 Å². The van der Waals surface area contributed by atoms with Crippen molar-refractivity contribution in [3.05, 3.63) is 80.3 Å². The second-order valence-corrected chi connectivity index (χ2v) is 9.26. The maximum absolute atomic E-state index is 12.9. The summed E-state index contributed by atoms with van der Waals surface area (Å²) in [7, 11) is 1.57. The zero-order valence-corrected chi connectivity index (χ0v) is 20.5. The molecule has 1 saturated carbocycles. The number of thiazole rings is 1. The first-order valence-corrected chi connectivity index (χ1v) is 12.4. The van der Waals surface area contributed by atoms with Crippen molar-refractivity contribution < 1.29 is 24.0 Å². The average molecular weight is 511 g/mol. The van der Waals surface area contributed by atoms with Crippen LogP contribution in [0.4, 0.5) is 5.69 Å². The number of para-hydroxylation sites is 2. The van der Waals surface area contributed by atoms with E-state index in [0.717, 1.165) is 12.8 Å². The van der Waals surface area contributed by atoms with E-state index in [4.69, 9.17) is 9.47 Å². The van der Waals surface area contributed by atoms with E-state index in [-0.39, 0.29) is 41.5 Å². The van der Waals surface area contributed by atoms with Crippen molar-refractivity contribution in [1.29, 1.82) is 0 Å². The summed E-state index contributed by atoms with van der Waals surface area (Å²) in [5.41, 5.74) is 0.345. The van der Waals surface area contributed by atoms with Crippen molar-refractivity contribution in [2.24, 2.45) is 0 Å². The van der Waals surface area contributed by atoms with Crippen LogP contribution in [0.2, 0.25) is 0 Å². The molecule has 1 fully saturated rings. The molecule has 1 aromatic heterocycles. The number of methoxy groups -OCH3 is 1. The van der Waals surface area contributed by atoms with Crippen LogP contribution in [0, 0.1) is 10.1 Å². The first kappa shape index (κ1) is 25.1. The van der Waals surface area contributed by atoms with Gasteiger partial charge in [0.15, 0.2) is 11.5 Å². The van der Waals surface area contributed by atoms with Crippen molar-refractivity contribution in [3.63, 3.8) is 0 Å². The maximum atomic E-state index is 12.9. The number of hydrogen-bond acceptors (Lipinski definition) is 8. The van der Waals surface area contributed by atoms with Gasteiger partial charge in [-0.3, -0.25) is 19.7 Å². The Balaban J connectivity index is 1.36. The molecule has 0 radical (unpaired) electrons. The Morgan fingerprint density at radius 3 is 2.44 bits per heavy atom. The molecule has 1 heterocycles. The summed E-state index contributed by atoms with van der Waals surface area (Å²) in [6.07, 6.45) is 3.23. The number of nitro benzene ring substituents is 1. The second kappa shape index (κ2) is 11.6. The van der Waals surface area contributed by atoms with E-state index >= 15 is 0 Å². The zero-order valence-electron chi connectivity index (χ0n) is 19.6. The molecular formula is C25H26N4O6S. The summed E-state index contributed by atoms with van der Waals surface area (Å²) >= 11 is 1.32. The fourth-order valence-electron chi connectivity index (χ4n) is 4.09. The Morgan fingerprint density at radius 1 is 1.06 bits per heavy atom. The van der Waals surface area contributed by atoms with Gasteiger partial charge in [0, 0.05) is 35.2 Å². The molecule has 0 unspecified atom stereocenters. The van der Waals surface area contributed by atoms with E-state index in [2.05, 4.69) is 15.6 Å². The summed E-state index contributed by atoms with van der Waals surface area (Å²) in [5.74, 6) is 0.471. The molecule has 0 spiro atoms. The SMILES string of the molecule is COc1ccccc1OCc1nc(C(=O)N[C@H]2CCCC[C@H]2NC(=O)c2cccc([N+](=O)[O-])c2)cs1. The van der Waals surface area contributed by atoms with Gasteiger partial charge in [-0.05, 0) is 31.0 Å². The number of rotatable bonds is 9. The van der Waals surface area contributed by atoms with E-state index in [9.17, 15) is 19.7 Å². The Labute approximate surface area is 211 Å². The quantitative estimate of drug-likeness (QED) is 0.327. The van der Waals surface area contributed by atoms with E-state index < -0.39 is 10.8 Å². The summed E-state index contributed by atoms with van der Waals surface area (Å²) in [5, 5.41) is 19.3. The monoisotopic (exact) mass is 510 g/mol. The average Bonchev–Trinajstić information content (AvgIpc) is 3.38. The van der Waals surface area contributed by atoms with Crippen LogP contribution < -0.4 is 20.1 Å². The number of non-ortho nitro benzene ring substituents is 1. The van der Waals surface area contributed by atoms with Crippen molar-refractivity contribution in [2.75, 3.05) is 7.11 Å². The first-order valence-electron chi connectivity index (χ1n) is 11.5. The largest absolute Gasteiger partial charge is 0.493 e. The number of nitro groups is 1. The van der Waals surface area contributed by atoms with Gasteiger partial charge in [-0.15, -0.1) is 11.3 Å². The Hall–Kier alpha value is -3.99. The third kappa shape index (κ3) is 6.16. The highest BCUT2D eigenvalue weighted by molar-refractivity contribution is 7.09. The Kier molecular flexibility index (Phi) is 8.11. The first-order chi connectivity index (χ1) is 17.4. The Morgan fingerprint density at radius 2 is 1.75 bits per heavy atom. The predicted octanol–water partition coefficient (Wildman–Crippen LogP) is 4.11. The summed E-state index contributed by atoms with van der Waals surface area (Å²) in [6.45, 7) is 0.198. The minimum Gasteiger partial charge on any atom is -0.493 e. The number of carbonyl (C=O) groups is 2. The van der Waals surface area contributed by atoms with Gasteiger partial charge in [-0.2, -0.15) is 0 Å². The third-order valence-corrected chi connectivity index (χ3v) is 6.75. The topological polar surface area (TPSA) is 133 Å². The highest BCUT2D eigenvalue weighted by Crippen LogP contribution is 2.27. The number of nitrogens with one attached hydrogen (secondary N) is 2. The summed E-state index contributed by atoms with van der Waals surface area (Å²) < 4.78 is 11.1. The number of ether oxygens (including phenoxy) is 2. The smallest absolute Gasteiger partial charge is 0.271 e. The van der Waals surface area contributed by atoms with Gasteiger partial charge < -0.3 is 20.1 Å². The van der Waals surface area contributed by atoms with Crippen LogP contribution in [0.25, 0.3) is 0 Å². The van der Waals surface area contributed by atoms with E-state index in [1.807, 2.05) is 12.1 Å². The molecule has 1 aliphatic rings. The van der Waals surface area contributed by atoms with Gasteiger partial charge in [0.1, 0.15) is 17.3 Å². The second-order valence-electron chi connectivity index (χ2n) is 8.32. The number of aromatic nitrogens is 1. The Bertz CT molecular complexity index is 1250. The van der Waals surface area contributed by atoms with E-state index in [0.29, 0.717) is 29.3 Å². The van der Waals surface area contributed by atoms with Gasteiger partial charge >= 0.3 is 0 Å². The lowest BCUT2D eigenvalue weighted by molar-refractivity contribution is -0.384. The molecule has 11 heteroatoms. The van der Waals surface area contributed by atoms with Gasteiger partial charge in [-0.1, -0.05) is 31.0 Å². The highest BCUT2D eigenvalue weighted by atomic mass is 32.1. The third-order valence-electron chi connectivity index (χ3n) is 5.92. The van der Waals surface area contributed by atoms with Crippen LogP contribution in [0.5, 0.6) is 11.5 Å². The van der Waals surface area contributed by atoms with Crippen molar-refractivity contribution in [3.8, 4) is 11.5 Å². The molecule has 188 valence electrons. The molecule has 10 nitrogen and oxygen atoms in total. The lowest BCUT2D eigenvalue weighted by Crippen LogP contribution is -2.53. The minimum atomic E-state index is -0.538. The maximum Gasteiger partial charge on any atom is 0.271 e. The molecule has 0 bridgehead atoms. The van der Waals surface area contributed by atoms with Crippen LogP contribution >= 0.6 is 11.3 Å². The normalized spacial score (nSPS) is 17.1. The minimum absolute atomic E-state index is 0.148. The number of benzene rings is 2. The molecule has 2 aromatic carbocycles. The molecule has 2 atom stereocenters. The zero-order chi connectivity index (χ0) is 25.5. The molecule has 0 saturated heterocycles. The lowest BCUT2D eigenvalue weighted by atomic mass is 9.90. The molecular weight excluding hydrogens is 484 g/mol. The fraction of sp³-hybridized carbons (Fsp3) is 0.320. The van der Waals surface area contributed by atoms with Crippen molar-refractivity contribution in [1.82, 2.24) is 15.6 Å².